The lowest BCUT2D eigenvalue weighted by atomic mass is 10.3. The molecular weight excluding hydrogens is 172 g/mol. The Morgan fingerprint density at radius 2 is 2.33 bits per heavy atom. The van der Waals surface area contributed by atoms with Gasteiger partial charge >= 0.3 is 0 Å². The van der Waals surface area contributed by atoms with Crippen molar-refractivity contribution in [3.63, 3.8) is 0 Å². The van der Waals surface area contributed by atoms with Crippen molar-refractivity contribution in [2.75, 3.05) is 6.26 Å². The molecule has 0 saturated carbocycles. The van der Waals surface area contributed by atoms with Crippen LogP contribution in [0.25, 0.3) is 6.08 Å². The van der Waals surface area contributed by atoms with Crippen LogP contribution in [0, 0.1) is 0 Å². The van der Waals surface area contributed by atoms with Crippen LogP contribution in [0.3, 0.4) is 0 Å². The maximum Gasteiger partial charge on any atom is 0.170 e. The molecule has 64 valence electrons. The molecule has 0 aliphatic carbocycles. The van der Waals surface area contributed by atoms with E-state index >= 15 is 0 Å². The molecule has 1 aromatic rings. The number of hydrogen-bond acceptors (Lipinski definition) is 3. The Hall–Kier alpha value is -1.03. The smallest absolute Gasteiger partial charge is 0.170 e. The second-order valence-corrected chi connectivity index (χ2v) is 3.02. The van der Waals surface area contributed by atoms with Crippen molar-refractivity contribution in [3.8, 4) is 0 Å². The van der Waals surface area contributed by atoms with Gasteiger partial charge in [0.25, 0.3) is 0 Å². The quantitative estimate of drug-likeness (QED) is 0.526. The summed E-state index contributed by atoms with van der Waals surface area (Å²) in [6.45, 7) is 3.62. The minimum absolute atomic E-state index is 0.455. The van der Waals surface area contributed by atoms with E-state index in [4.69, 9.17) is 0 Å². The Bertz CT molecular complexity index is 317. The molecule has 1 aromatic heterocycles. The molecule has 1 heterocycles. The number of carbonyl (C=O) groups is 1. The summed E-state index contributed by atoms with van der Waals surface area (Å²) < 4.78 is 1.85. The monoisotopic (exact) mass is 182 g/mol. The lowest BCUT2D eigenvalue weighted by molar-refractivity contribution is 0.111. The zero-order valence-corrected chi connectivity index (χ0v) is 7.89. The number of rotatable bonds is 3. The molecule has 0 amide bonds. The molecule has 0 bridgehead atoms. The second-order valence-electron chi connectivity index (χ2n) is 2.25. The number of carbonyl (C=O) groups excluding carboxylic acids is 1. The third-order valence-corrected chi connectivity index (χ3v) is 2.34. The van der Waals surface area contributed by atoms with Crippen LogP contribution in [0.2, 0.25) is 0 Å². The predicted molar refractivity (Wildman–Crippen MR) is 50.5 cm³/mol. The highest BCUT2D eigenvalue weighted by Gasteiger charge is 2.09. The van der Waals surface area contributed by atoms with Gasteiger partial charge in [-0.05, 0) is 12.3 Å². The Morgan fingerprint density at radius 1 is 1.67 bits per heavy atom. The number of hydrogen-bond donors (Lipinski definition) is 0. The number of thioether (sulfide) groups is 1. The zero-order chi connectivity index (χ0) is 9.14. The highest BCUT2D eigenvalue weighted by Crippen LogP contribution is 2.17. The van der Waals surface area contributed by atoms with E-state index in [1.54, 1.807) is 6.08 Å². The molecule has 0 saturated heterocycles. The van der Waals surface area contributed by atoms with Crippen LogP contribution in [-0.4, -0.2) is 22.1 Å². The first-order chi connectivity index (χ1) is 5.74. The molecule has 0 aromatic carbocycles. The van der Waals surface area contributed by atoms with E-state index in [0.717, 1.165) is 17.1 Å². The molecule has 3 nitrogen and oxygen atoms in total. The van der Waals surface area contributed by atoms with Crippen LogP contribution in [0.15, 0.2) is 11.7 Å². The van der Waals surface area contributed by atoms with Gasteiger partial charge in [0.05, 0.1) is 5.69 Å². The Morgan fingerprint density at radius 3 is 2.67 bits per heavy atom. The lowest BCUT2D eigenvalue weighted by Gasteiger charge is -1.97. The van der Waals surface area contributed by atoms with Crippen molar-refractivity contribution in [3.05, 3.63) is 18.0 Å². The Kier molecular flexibility index (Phi) is 2.70. The molecule has 0 radical (unpaired) electrons. The molecule has 0 aliphatic heterocycles. The molecule has 0 N–H and O–H groups in total. The van der Waals surface area contributed by atoms with Gasteiger partial charge in [-0.2, -0.15) is 0 Å². The normalized spacial score (nSPS) is 9.83. The molecule has 0 aliphatic rings. The first kappa shape index (κ1) is 9.06. The van der Waals surface area contributed by atoms with Crippen LogP contribution in [0.1, 0.15) is 16.2 Å². The maximum atomic E-state index is 10.5. The van der Waals surface area contributed by atoms with Crippen LogP contribution in [0.5, 0.6) is 0 Å². The molecule has 4 heteroatoms. The highest BCUT2D eigenvalue weighted by molar-refractivity contribution is 7.98. The van der Waals surface area contributed by atoms with Gasteiger partial charge in [-0.3, -0.25) is 4.79 Å². The third kappa shape index (κ3) is 1.30. The summed E-state index contributed by atoms with van der Waals surface area (Å²) in [6.07, 6.45) is 4.30. The molecule has 0 fully saturated rings. The number of nitrogens with zero attached hydrogens (tertiary/aromatic N) is 2. The van der Waals surface area contributed by atoms with Gasteiger partial charge in [0.2, 0.25) is 0 Å². The van der Waals surface area contributed by atoms with E-state index in [2.05, 4.69) is 11.6 Å². The van der Waals surface area contributed by atoms with E-state index in [1.165, 1.54) is 11.8 Å². The molecule has 1 rings (SSSR count). The van der Waals surface area contributed by atoms with Gasteiger partial charge in [-0.1, -0.05) is 18.3 Å². The zero-order valence-electron chi connectivity index (χ0n) is 7.07. The summed E-state index contributed by atoms with van der Waals surface area (Å²) in [6, 6.07) is 0. The van der Waals surface area contributed by atoms with Gasteiger partial charge in [-0.15, -0.1) is 0 Å². The maximum absolute atomic E-state index is 10.5. The summed E-state index contributed by atoms with van der Waals surface area (Å²) in [4.78, 5) is 14.6. The van der Waals surface area contributed by atoms with Crippen molar-refractivity contribution in [2.45, 2.75) is 5.16 Å². The minimum atomic E-state index is 0.455. The van der Waals surface area contributed by atoms with Gasteiger partial charge in [0, 0.05) is 7.05 Å². The minimum Gasteiger partial charge on any atom is -0.322 e. The van der Waals surface area contributed by atoms with E-state index in [0.29, 0.717) is 5.69 Å². The SMILES string of the molecule is C=Cc1c(C=O)nc(SC)n1C. The van der Waals surface area contributed by atoms with E-state index < -0.39 is 0 Å². The fourth-order valence-corrected chi connectivity index (χ4v) is 1.58. The van der Waals surface area contributed by atoms with E-state index in [9.17, 15) is 4.79 Å². The van der Waals surface area contributed by atoms with Crippen LogP contribution >= 0.6 is 11.8 Å². The van der Waals surface area contributed by atoms with Crippen molar-refractivity contribution < 1.29 is 4.79 Å². The first-order valence-electron chi connectivity index (χ1n) is 3.43. The summed E-state index contributed by atoms with van der Waals surface area (Å²) >= 11 is 1.51. The highest BCUT2D eigenvalue weighted by atomic mass is 32.2. The van der Waals surface area contributed by atoms with Crippen molar-refractivity contribution >= 4 is 24.1 Å². The second kappa shape index (κ2) is 3.58. The largest absolute Gasteiger partial charge is 0.322 e. The summed E-state index contributed by atoms with van der Waals surface area (Å²) in [5.74, 6) is 0. The molecule has 0 unspecified atom stereocenters. The summed E-state index contributed by atoms with van der Waals surface area (Å²) in [7, 11) is 1.86. The van der Waals surface area contributed by atoms with E-state index in [1.807, 2.05) is 17.9 Å². The predicted octanol–water partition coefficient (Wildman–Crippen LogP) is 1.60. The van der Waals surface area contributed by atoms with Gasteiger partial charge < -0.3 is 4.57 Å². The van der Waals surface area contributed by atoms with Crippen LogP contribution in [0.4, 0.5) is 0 Å². The molecule has 0 spiro atoms. The van der Waals surface area contributed by atoms with Gasteiger partial charge in [-0.25, -0.2) is 4.98 Å². The number of aldehydes is 1. The topological polar surface area (TPSA) is 34.9 Å². The van der Waals surface area contributed by atoms with Crippen molar-refractivity contribution in [1.82, 2.24) is 9.55 Å². The average molecular weight is 182 g/mol. The molecule has 12 heavy (non-hydrogen) atoms. The lowest BCUT2D eigenvalue weighted by Crippen LogP contribution is -1.93. The van der Waals surface area contributed by atoms with Gasteiger partial charge in [0.1, 0.15) is 5.69 Å². The standard InChI is InChI=1S/C8H10N2OS/c1-4-7-6(5-11)9-8(12-3)10(7)2/h4-5H,1H2,2-3H3. The number of imidazole rings is 1. The Balaban J connectivity index is 3.31. The molecule has 0 atom stereocenters. The van der Waals surface area contributed by atoms with Crippen molar-refractivity contribution in [1.29, 1.82) is 0 Å². The van der Waals surface area contributed by atoms with Crippen LogP contribution in [-0.2, 0) is 7.05 Å². The fraction of sp³-hybridized carbons (Fsp3) is 0.250. The van der Waals surface area contributed by atoms with E-state index in [-0.39, 0.29) is 0 Å². The van der Waals surface area contributed by atoms with Crippen molar-refractivity contribution in [2.24, 2.45) is 7.05 Å². The summed E-state index contributed by atoms with van der Waals surface area (Å²) in [5, 5.41) is 0.826. The van der Waals surface area contributed by atoms with Gasteiger partial charge in [0.15, 0.2) is 11.4 Å². The fourth-order valence-electron chi connectivity index (χ4n) is 1.02. The average Bonchev–Trinajstić information content (AvgIpc) is 2.41. The van der Waals surface area contributed by atoms with Crippen LogP contribution < -0.4 is 0 Å². The first-order valence-corrected chi connectivity index (χ1v) is 4.65. The number of aromatic nitrogens is 2. The molecular formula is C8H10N2OS. The Labute approximate surface area is 75.5 Å². The summed E-state index contributed by atoms with van der Waals surface area (Å²) in [5.41, 5.74) is 1.23. The third-order valence-electron chi connectivity index (χ3n) is 1.61.